The van der Waals surface area contributed by atoms with E-state index < -0.39 is 11.3 Å². The van der Waals surface area contributed by atoms with Crippen LogP contribution in [-0.2, 0) is 0 Å². The summed E-state index contributed by atoms with van der Waals surface area (Å²) < 4.78 is 0. The summed E-state index contributed by atoms with van der Waals surface area (Å²) in [6, 6.07) is 17.3. The second kappa shape index (κ2) is 6.70. The van der Waals surface area contributed by atoms with E-state index in [9.17, 15) is 14.7 Å². The van der Waals surface area contributed by atoms with Crippen LogP contribution in [0.2, 0.25) is 0 Å². The number of carbonyl (C=O) groups excluding carboxylic acids is 1. The summed E-state index contributed by atoms with van der Waals surface area (Å²) in [4.78, 5) is 26.6. The summed E-state index contributed by atoms with van der Waals surface area (Å²) >= 11 is 0. The topological polar surface area (TPSA) is 94.9 Å². The lowest BCUT2D eigenvalue weighted by Gasteiger charge is -2.05. The van der Waals surface area contributed by atoms with Crippen molar-refractivity contribution in [2.75, 3.05) is 0 Å². The van der Waals surface area contributed by atoms with Crippen molar-refractivity contribution in [3.8, 4) is 5.75 Å². The summed E-state index contributed by atoms with van der Waals surface area (Å²) in [6.07, 6.45) is 1.23. The molecule has 0 aliphatic rings. The first-order chi connectivity index (χ1) is 11.7. The van der Waals surface area contributed by atoms with Gasteiger partial charge in [0, 0.05) is 11.8 Å². The van der Waals surface area contributed by atoms with E-state index in [0.29, 0.717) is 11.3 Å². The fourth-order valence-corrected chi connectivity index (χ4v) is 2.13. The van der Waals surface area contributed by atoms with Crippen molar-refractivity contribution in [3.05, 3.63) is 88.3 Å². The van der Waals surface area contributed by atoms with Crippen molar-refractivity contribution in [3.63, 3.8) is 0 Å². The van der Waals surface area contributed by atoms with Gasteiger partial charge in [-0.05, 0) is 12.1 Å². The molecular formula is C18H13N3O3. The molecule has 2 aromatic carbocycles. The van der Waals surface area contributed by atoms with Gasteiger partial charge in [-0.3, -0.25) is 9.59 Å². The summed E-state index contributed by atoms with van der Waals surface area (Å²) in [5.74, 6) is -1.01. The zero-order valence-electron chi connectivity index (χ0n) is 12.5. The molecule has 0 saturated heterocycles. The molecule has 0 spiro atoms. The minimum absolute atomic E-state index is 0.0676. The molecule has 0 radical (unpaired) electrons. The maximum Gasteiger partial charge on any atom is 0.292 e. The second-order valence-electron chi connectivity index (χ2n) is 4.96. The quantitative estimate of drug-likeness (QED) is 0.566. The van der Waals surface area contributed by atoms with Crippen LogP contribution in [0.4, 0.5) is 11.4 Å². The van der Waals surface area contributed by atoms with Crippen molar-refractivity contribution >= 4 is 17.2 Å². The predicted octanol–water partition coefficient (Wildman–Crippen LogP) is 3.73. The number of hydrogen-bond donors (Lipinski definition) is 2. The number of benzene rings is 2. The van der Waals surface area contributed by atoms with Crippen LogP contribution in [0.5, 0.6) is 5.75 Å². The Morgan fingerprint density at radius 3 is 2.21 bits per heavy atom. The van der Waals surface area contributed by atoms with E-state index in [1.54, 1.807) is 54.6 Å². The molecule has 6 nitrogen and oxygen atoms in total. The summed E-state index contributed by atoms with van der Waals surface area (Å²) in [5.41, 5.74) is 0.131. The number of pyridine rings is 1. The van der Waals surface area contributed by atoms with Crippen LogP contribution in [0.15, 0.2) is 81.9 Å². The average molecular weight is 319 g/mol. The fourth-order valence-electron chi connectivity index (χ4n) is 2.13. The first-order valence-corrected chi connectivity index (χ1v) is 7.18. The number of nitrogens with zero attached hydrogens (tertiary/aromatic N) is 2. The molecule has 0 saturated carbocycles. The molecule has 118 valence electrons. The lowest BCUT2D eigenvalue weighted by atomic mass is 10.0. The Bertz CT molecular complexity index is 948. The van der Waals surface area contributed by atoms with Crippen LogP contribution >= 0.6 is 0 Å². The molecule has 0 amide bonds. The minimum Gasteiger partial charge on any atom is -0.501 e. The molecule has 3 aromatic rings. The van der Waals surface area contributed by atoms with Gasteiger partial charge in [0.15, 0.2) is 5.78 Å². The van der Waals surface area contributed by atoms with E-state index in [4.69, 9.17) is 0 Å². The molecule has 0 fully saturated rings. The van der Waals surface area contributed by atoms with Crippen molar-refractivity contribution in [1.29, 1.82) is 0 Å². The number of ketones is 1. The number of nitrogens with one attached hydrogen (secondary N) is 1. The molecule has 24 heavy (non-hydrogen) atoms. The molecule has 3 rings (SSSR count). The minimum atomic E-state index is -0.735. The Morgan fingerprint density at radius 2 is 1.54 bits per heavy atom. The number of hydrogen-bond acceptors (Lipinski definition) is 5. The number of H-pyrrole nitrogens is 1. The van der Waals surface area contributed by atoms with E-state index >= 15 is 0 Å². The number of aromatic hydroxyl groups is 1. The van der Waals surface area contributed by atoms with Gasteiger partial charge in [0.1, 0.15) is 5.69 Å². The van der Waals surface area contributed by atoms with Gasteiger partial charge in [-0.1, -0.05) is 48.5 Å². The van der Waals surface area contributed by atoms with Crippen LogP contribution in [0, 0.1) is 0 Å². The Kier molecular flexibility index (Phi) is 4.29. The van der Waals surface area contributed by atoms with Crippen LogP contribution in [0.3, 0.4) is 0 Å². The average Bonchev–Trinajstić information content (AvgIpc) is 2.64. The Balaban J connectivity index is 2.08. The molecule has 0 aliphatic carbocycles. The van der Waals surface area contributed by atoms with E-state index in [1.807, 2.05) is 6.07 Å². The Labute approximate surface area is 137 Å². The van der Waals surface area contributed by atoms with Gasteiger partial charge >= 0.3 is 0 Å². The number of aromatic amines is 1. The van der Waals surface area contributed by atoms with Gasteiger partial charge in [0.05, 0.1) is 11.3 Å². The van der Waals surface area contributed by atoms with E-state index in [0.717, 1.165) is 0 Å². The third-order valence-corrected chi connectivity index (χ3v) is 3.34. The molecule has 1 aromatic heterocycles. The van der Waals surface area contributed by atoms with E-state index in [2.05, 4.69) is 15.2 Å². The maximum absolute atomic E-state index is 12.6. The number of carbonyl (C=O) groups is 1. The normalized spacial score (nSPS) is 10.8. The first kappa shape index (κ1) is 15.4. The van der Waals surface area contributed by atoms with Crippen LogP contribution < -0.4 is 5.56 Å². The zero-order valence-corrected chi connectivity index (χ0v) is 12.5. The molecule has 2 N–H and O–H groups in total. The van der Waals surface area contributed by atoms with Crippen LogP contribution in [0.1, 0.15) is 15.9 Å². The third kappa shape index (κ3) is 3.12. The van der Waals surface area contributed by atoms with Gasteiger partial charge in [-0.2, -0.15) is 5.11 Å². The first-order valence-electron chi connectivity index (χ1n) is 7.18. The van der Waals surface area contributed by atoms with Gasteiger partial charge in [0.25, 0.3) is 5.56 Å². The monoisotopic (exact) mass is 319 g/mol. The number of rotatable bonds is 4. The predicted molar refractivity (Wildman–Crippen MR) is 89.2 cm³/mol. The van der Waals surface area contributed by atoms with Gasteiger partial charge in [-0.25, -0.2) is 0 Å². The van der Waals surface area contributed by atoms with Crippen LogP contribution in [0.25, 0.3) is 0 Å². The highest BCUT2D eigenvalue weighted by atomic mass is 16.3. The smallest absolute Gasteiger partial charge is 0.292 e. The summed E-state index contributed by atoms with van der Waals surface area (Å²) in [6.45, 7) is 0. The summed E-state index contributed by atoms with van der Waals surface area (Å²) in [7, 11) is 0. The van der Waals surface area contributed by atoms with Crippen molar-refractivity contribution < 1.29 is 9.90 Å². The fraction of sp³-hybridized carbons (Fsp3) is 0. The standard InChI is InChI=1S/C18H13N3O3/c22-16(12-7-3-1-4-8-12)14-11-19-18(24)17(23)15(14)21-20-13-9-5-2-6-10-13/h1-11,23H,(H,19,24). The molecule has 0 bridgehead atoms. The van der Waals surface area contributed by atoms with Crippen molar-refractivity contribution in [2.24, 2.45) is 10.2 Å². The molecule has 6 heteroatoms. The van der Waals surface area contributed by atoms with E-state index in [-0.39, 0.29) is 17.0 Å². The SMILES string of the molecule is O=C(c1ccccc1)c1c[nH]c(=O)c(O)c1N=Nc1ccccc1. The Morgan fingerprint density at radius 1 is 0.917 bits per heavy atom. The molecule has 0 aliphatic heterocycles. The molecule has 1 heterocycles. The van der Waals surface area contributed by atoms with E-state index in [1.165, 1.54) is 6.20 Å². The van der Waals surface area contributed by atoms with Crippen LogP contribution in [-0.4, -0.2) is 15.9 Å². The Hall–Kier alpha value is -3.54. The lowest BCUT2D eigenvalue weighted by molar-refractivity contribution is 0.103. The zero-order chi connectivity index (χ0) is 16.9. The van der Waals surface area contributed by atoms with Gasteiger partial charge in [-0.15, -0.1) is 5.11 Å². The van der Waals surface area contributed by atoms with Gasteiger partial charge in [0.2, 0.25) is 5.75 Å². The largest absolute Gasteiger partial charge is 0.501 e. The maximum atomic E-state index is 12.6. The van der Waals surface area contributed by atoms with Gasteiger partial charge < -0.3 is 10.1 Å². The highest BCUT2D eigenvalue weighted by Crippen LogP contribution is 2.30. The lowest BCUT2D eigenvalue weighted by Crippen LogP contribution is -2.10. The third-order valence-electron chi connectivity index (χ3n) is 3.34. The van der Waals surface area contributed by atoms with Crippen molar-refractivity contribution in [2.45, 2.75) is 0 Å². The second-order valence-corrected chi connectivity index (χ2v) is 4.96. The van der Waals surface area contributed by atoms with Crippen molar-refractivity contribution in [1.82, 2.24) is 4.98 Å². The molecule has 0 unspecified atom stereocenters. The summed E-state index contributed by atoms with van der Waals surface area (Å²) in [5, 5.41) is 17.9. The highest BCUT2D eigenvalue weighted by molar-refractivity contribution is 6.12. The highest BCUT2D eigenvalue weighted by Gasteiger charge is 2.19. The number of aromatic nitrogens is 1. The molecule has 0 atom stereocenters. The molecular weight excluding hydrogens is 306 g/mol. The number of azo groups is 1.